The van der Waals surface area contributed by atoms with E-state index in [2.05, 4.69) is 4.74 Å². The third-order valence-electron chi connectivity index (χ3n) is 1.77. The number of hydrogen-bond acceptors (Lipinski definition) is 5. The highest BCUT2D eigenvalue weighted by atomic mass is 32.2. The van der Waals surface area contributed by atoms with Crippen molar-refractivity contribution in [3.63, 3.8) is 0 Å². The molecule has 0 saturated heterocycles. The van der Waals surface area contributed by atoms with E-state index < -0.39 is 28.3 Å². The van der Waals surface area contributed by atoms with E-state index in [1.54, 1.807) is 4.72 Å². The summed E-state index contributed by atoms with van der Waals surface area (Å²) in [5.41, 5.74) is 0. The number of nitrogens with one attached hydrogen (secondary N) is 1. The van der Waals surface area contributed by atoms with Gasteiger partial charge in [-0.05, 0) is 13.8 Å². The first kappa shape index (κ1) is 14.6. The van der Waals surface area contributed by atoms with Gasteiger partial charge in [0.1, 0.15) is 6.04 Å². The molecule has 0 heterocycles. The smallest absolute Gasteiger partial charge is 0.421 e. The van der Waals surface area contributed by atoms with E-state index in [0.717, 1.165) is 7.05 Å². The Morgan fingerprint density at radius 3 is 2.38 bits per heavy atom. The minimum absolute atomic E-state index is 0.0134. The first-order chi connectivity index (χ1) is 7.22. The fourth-order valence-electron chi connectivity index (χ4n) is 0.702. The van der Waals surface area contributed by atoms with Gasteiger partial charge in [-0.25, -0.2) is 9.52 Å². The van der Waals surface area contributed by atoms with Gasteiger partial charge in [0.2, 0.25) is 0 Å². The van der Waals surface area contributed by atoms with E-state index in [4.69, 9.17) is 5.11 Å². The molecule has 0 saturated carbocycles. The topological polar surface area (TPSA) is 113 Å². The summed E-state index contributed by atoms with van der Waals surface area (Å²) in [6, 6.07) is -1.29. The van der Waals surface area contributed by atoms with E-state index >= 15 is 0 Å². The number of amides is 1. The molecule has 2 N–H and O–H groups in total. The Balaban J connectivity index is 4.67. The van der Waals surface area contributed by atoms with Crippen molar-refractivity contribution in [1.82, 2.24) is 9.03 Å². The molecule has 0 spiro atoms. The molecule has 0 aromatic rings. The zero-order chi connectivity index (χ0) is 12.9. The van der Waals surface area contributed by atoms with E-state index in [0.29, 0.717) is 4.31 Å². The molecule has 8 nitrogen and oxygen atoms in total. The summed E-state index contributed by atoms with van der Waals surface area (Å²) in [5, 5.41) is 8.60. The van der Waals surface area contributed by atoms with Gasteiger partial charge in [-0.15, -0.1) is 0 Å². The van der Waals surface area contributed by atoms with Gasteiger partial charge in [0.05, 0.1) is 6.61 Å². The molecule has 0 radical (unpaired) electrons. The number of carbonyl (C=O) groups excluding carboxylic acids is 1. The maximum absolute atomic E-state index is 11.4. The minimum Gasteiger partial charge on any atom is -0.480 e. The molecule has 0 bridgehead atoms. The largest absolute Gasteiger partial charge is 0.480 e. The fraction of sp³-hybridized carbons (Fsp3) is 0.714. The average molecular weight is 254 g/mol. The lowest BCUT2D eigenvalue weighted by Crippen LogP contribution is -2.48. The zero-order valence-corrected chi connectivity index (χ0v) is 9.94. The van der Waals surface area contributed by atoms with E-state index in [1.165, 1.54) is 13.8 Å². The Morgan fingerprint density at radius 1 is 1.50 bits per heavy atom. The van der Waals surface area contributed by atoms with Crippen LogP contribution in [0.25, 0.3) is 0 Å². The van der Waals surface area contributed by atoms with Gasteiger partial charge in [-0.1, -0.05) is 0 Å². The van der Waals surface area contributed by atoms with E-state index in [-0.39, 0.29) is 6.61 Å². The maximum Gasteiger partial charge on any atom is 0.421 e. The summed E-state index contributed by atoms with van der Waals surface area (Å²) < 4.78 is 29.3. The fourth-order valence-corrected chi connectivity index (χ4v) is 1.62. The SMILES string of the molecule is CCOC(=O)NS(=O)(=O)N(C)C(C)C(=O)O. The maximum atomic E-state index is 11.4. The van der Waals surface area contributed by atoms with Gasteiger partial charge in [-0.2, -0.15) is 12.7 Å². The van der Waals surface area contributed by atoms with Gasteiger partial charge < -0.3 is 9.84 Å². The molecule has 9 heteroatoms. The molecule has 0 rings (SSSR count). The monoisotopic (exact) mass is 254 g/mol. The average Bonchev–Trinajstić information content (AvgIpc) is 2.14. The molecule has 0 aliphatic carbocycles. The Kier molecular flexibility index (Phi) is 5.18. The molecule has 0 aliphatic heterocycles. The summed E-state index contributed by atoms with van der Waals surface area (Å²) in [7, 11) is -3.16. The van der Waals surface area contributed by atoms with Crippen LogP contribution in [0.1, 0.15) is 13.8 Å². The Labute approximate surface area is 93.4 Å². The van der Waals surface area contributed by atoms with Crippen molar-refractivity contribution >= 4 is 22.3 Å². The van der Waals surface area contributed by atoms with Crippen LogP contribution in [0.15, 0.2) is 0 Å². The van der Waals surface area contributed by atoms with Crippen molar-refractivity contribution < 1.29 is 27.9 Å². The standard InChI is InChI=1S/C7H14N2O6S/c1-4-15-7(12)8-16(13,14)9(3)5(2)6(10)11/h5H,4H2,1-3H3,(H,8,12)(H,10,11). The highest BCUT2D eigenvalue weighted by Gasteiger charge is 2.29. The van der Waals surface area contributed by atoms with Crippen molar-refractivity contribution in [3.05, 3.63) is 0 Å². The number of aliphatic carboxylic acids is 1. The molecule has 1 amide bonds. The van der Waals surface area contributed by atoms with Gasteiger partial charge in [-0.3, -0.25) is 4.79 Å². The summed E-state index contributed by atoms with van der Waals surface area (Å²) in [6.45, 7) is 2.70. The van der Waals surface area contributed by atoms with Gasteiger partial charge >= 0.3 is 22.3 Å². The number of nitrogens with zero attached hydrogens (tertiary/aromatic N) is 1. The van der Waals surface area contributed by atoms with Gasteiger partial charge in [0, 0.05) is 7.05 Å². The molecule has 16 heavy (non-hydrogen) atoms. The quantitative estimate of drug-likeness (QED) is 0.676. The van der Waals surface area contributed by atoms with Crippen molar-refractivity contribution in [2.45, 2.75) is 19.9 Å². The summed E-state index contributed by atoms with van der Waals surface area (Å²) in [6.07, 6.45) is -1.15. The van der Waals surface area contributed by atoms with Crippen LogP contribution in [0, 0.1) is 0 Å². The molecule has 0 aromatic carbocycles. The van der Waals surface area contributed by atoms with E-state index in [9.17, 15) is 18.0 Å². The van der Waals surface area contributed by atoms with Crippen LogP contribution in [0.5, 0.6) is 0 Å². The molecule has 1 atom stereocenters. The molecular formula is C7H14N2O6S. The van der Waals surface area contributed by atoms with Crippen molar-refractivity contribution in [3.8, 4) is 0 Å². The second kappa shape index (κ2) is 5.66. The number of ether oxygens (including phenoxy) is 1. The van der Waals surface area contributed by atoms with Gasteiger partial charge in [0.25, 0.3) is 0 Å². The zero-order valence-electron chi connectivity index (χ0n) is 9.13. The Hall–Kier alpha value is -1.35. The van der Waals surface area contributed by atoms with Crippen LogP contribution >= 0.6 is 0 Å². The molecule has 0 fully saturated rings. The predicted octanol–water partition coefficient (Wildman–Crippen LogP) is -0.618. The third kappa shape index (κ3) is 4.03. The van der Waals surface area contributed by atoms with Crippen LogP contribution in [0.2, 0.25) is 0 Å². The first-order valence-corrected chi connectivity index (χ1v) is 5.81. The second-order valence-corrected chi connectivity index (χ2v) is 4.59. The Bertz CT molecular complexity index is 365. The summed E-state index contributed by atoms with van der Waals surface area (Å²) in [4.78, 5) is 21.4. The van der Waals surface area contributed by atoms with Crippen LogP contribution in [-0.2, 0) is 19.7 Å². The second-order valence-electron chi connectivity index (χ2n) is 2.86. The molecule has 0 aliphatic rings. The van der Waals surface area contributed by atoms with E-state index in [1.807, 2.05) is 0 Å². The number of hydrogen-bond donors (Lipinski definition) is 2. The summed E-state index contributed by atoms with van der Waals surface area (Å²) >= 11 is 0. The summed E-state index contributed by atoms with van der Waals surface area (Å²) in [5.74, 6) is -1.32. The highest BCUT2D eigenvalue weighted by Crippen LogP contribution is 2.02. The first-order valence-electron chi connectivity index (χ1n) is 4.37. The normalized spacial score (nSPS) is 13.2. The number of rotatable bonds is 5. The van der Waals surface area contributed by atoms with Crippen LogP contribution in [0.3, 0.4) is 0 Å². The number of likely N-dealkylation sites (N-methyl/N-ethyl adjacent to an activating group) is 1. The van der Waals surface area contributed by atoms with Crippen LogP contribution in [-0.4, -0.2) is 49.6 Å². The third-order valence-corrected chi connectivity index (χ3v) is 3.27. The van der Waals surface area contributed by atoms with Gasteiger partial charge in [0.15, 0.2) is 0 Å². The van der Waals surface area contributed by atoms with Crippen molar-refractivity contribution in [2.75, 3.05) is 13.7 Å². The lowest BCUT2D eigenvalue weighted by molar-refractivity contribution is -0.140. The highest BCUT2D eigenvalue weighted by molar-refractivity contribution is 7.87. The Morgan fingerprint density at radius 2 is 2.00 bits per heavy atom. The molecular weight excluding hydrogens is 240 g/mol. The predicted molar refractivity (Wildman–Crippen MR) is 53.9 cm³/mol. The molecule has 0 aromatic heterocycles. The van der Waals surface area contributed by atoms with Crippen molar-refractivity contribution in [2.24, 2.45) is 0 Å². The van der Waals surface area contributed by atoms with Crippen LogP contribution < -0.4 is 4.72 Å². The lowest BCUT2D eigenvalue weighted by Gasteiger charge is -2.20. The minimum atomic E-state index is -4.20. The van der Waals surface area contributed by atoms with Crippen LogP contribution in [0.4, 0.5) is 4.79 Å². The number of carbonyl (C=O) groups is 2. The molecule has 94 valence electrons. The van der Waals surface area contributed by atoms with Crippen molar-refractivity contribution in [1.29, 1.82) is 0 Å². The lowest BCUT2D eigenvalue weighted by atomic mass is 10.4. The number of carboxylic acids is 1. The molecule has 1 unspecified atom stereocenters. The number of carboxylic acid groups (broad SMARTS) is 1.